The summed E-state index contributed by atoms with van der Waals surface area (Å²) in [5.41, 5.74) is 1.01. The van der Waals surface area contributed by atoms with Crippen molar-refractivity contribution in [1.82, 2.24) is 5.32 Å². The first kappa shape index (κ1) is 14.6. The average Bonchev–Trinajstić information content (AvgIpc) is 2.93. The van der Waals surface area contributed by atoms with Crippen LogP contribution in [0.1, 0.15) is 37.0 Å². The number of rotatable bonds is 6. The molecule has 2 N–H and O–H groups in total. The maximum Gasteiger partial charge on any atom is 0.255 e. The molecule has 0 atom stereocenters. The molecule has 4 nitrogen and oxygen atoms in total. The molecule has 0 aliphatic heterocycles. The molecular weight excluding hydrogens is 254 g/mol. The number of hydrogen-bond donors (Lipinski definition) is 2. The third-order valence-corrected chi connectivity index (χ3v) is 4.18. The van der Waals surface area contributed by atoms with Gasteiger partial charge in [0.05, 0.1) is 12.2 Å². The number of benzene rings is 1. The van der Waals surface area contributed by atoms with E-state index in [-0.39, 0.29) is 17.9 Å². The third-order valence-electron chi connectivity index (χ3n) is 4.18. The molecule has 2 aromatic rings. The molecule has 4 heteroatoms. The van der Waals surface area contributed by atoms with Gasteiger partial charge in [0.1, 0.15) is 11.8 Å². The van der Waals surface area contributed by atoms with Crippen molar-refractivity contribution < 1.29 is 14.3 Å². The summed E-state index contributed by atoms with van der Waals surface area (Å²) in [6.45, 7) is 4.60. The van der Waals surface area contributed by atoms with E-state index >= 15 is 0 Å². The zero-order valence-corrected chi connectivity index (χ0v) is 12.0. The highest BCUT2D eigenvalue weighted by molar-refractivity contribution is 6.05. The van der Waals surface area contributed by atoms with Crippen molar-refractivity contribution in [2.24, 2.45) is 5.41 Å². The van der Waals surface area contributed by atoms with E-state index in [1.807, 2.05) is 38.1 Å². The van der Waals surface area contributed by atoms with E-state index in [0.29, 0.717) is 17.7 Å². The second-order valence-corrected chi connectivity index (χ2v) is 5.19. The Labute approximate surface area is 118 Å². The van der Waals surface area contributed by atoms with Gasteiger partial charge in [-0.2, -0.15) is 0 Å². The number of para-hydroxylation sites is 1. The quantitative estimate of drug-likeness (QED) is 0.852. The minimum atomic E-state index is -0.241. The van der Waals surface area contributed by atoms with Gasteiger partial charge in [0.25, 0.3) is 5.91 Å². The Morgan fingerprint density at radius 2 is 2.00 bits per heavy atom. The SMILES string of the molecule is CCC(CC)(CO)CNC(=O)c1coc2ccccc12. The van der Waals surface area contributed by atoms with Gasteiger partial charge < -0.3 is 14.8 Å². The first-order valence-electron chi connectivity index (χ1n) is 7.01. The van der Waals surface area contributed by atoms with E-state index < -0.39 is 0 Å². The Bertz CT molecular complexity index is 576. The van der Waals surface area contributed by atoms with Crippen LogP contribution in [-0.4, -0.2) is 24.2 Å². The highest BCUT2D eigenvalue weighted by Gasteiger charge is 2.26. The molecule has 0 bridgehead atoms. The fourth-order valence-corrected chi connectivity index (χ4v) is 2.30. The van der Waals surface area contributed by atoms with Crippen LogP contribution in [0.15, 0.2) is 34.9 Å². The number of nitrogens with one attached hydrogen (secondary N) is 1. The van der Waals surface area contributed by atoms with E-state index in [9.17, 15) is 9.90 Å². The van der Waals surface area contributed by atoms with Gasteiger partial charge in [0.2, 0.25) is 0 Å². The molecule has 0 fully saturated rings. The zero-order valence-electron chi connectivity index (χ0n) is 12.0. The maximum atomic E-state index is 12.3. The average molecular weight is 275 g/mol. The predicted molar refractivity (Wildman–Crippen MR) is 78.6 cm³/mol. The molecule has 1 aromatic heterocycles. The number of furan rings is 1. The lowest BCUT2D eigenvalue weighted by Crippen LogP contribution is -2.39. The van der Waals surface area contributed by atoms with Gasteiger partial charge in [-0.3, -0.25) is 4.79 Å². The summed E-state index contributed by atoms with van der Waals surface area (Å²) in [6, 6.07) is 7.46. The number of amides is 1. The van der Waals surface area contributed by atoms with Gasteiger partial charge in [0, 0.05) is 17.3 Å². The normalized spacial score (nSPS) is 11.8. The lowest BCUT2D eigenvalue weighted by atomic mass is 9.83. The van der Waals surface area contributed by atoms with Gasteiger partial charge in [-0.1, -0.05) is 32.0 Å². The Morgan fingerprint density at radius 1 is 1.30 bits per heavy atom. The first-order valence-corrected chi connectivity index (χ1v) is 7.01. The summed E-state index contributed by atoms with van der Waals surface area (Å²) in [6.07, 6.45) is 3.14. The standard InChI is InChI=1S/C16H21NO3/c1-3-16(4-2,11-18)10-17-15(19)13-9-20-14-8-6-5-7-12(13)14/h5-9,18H,3-4,10-11H2,1-2H3,(H,17,19). The van der Waals surface area contributed by atoms with Crippen molar-refractivity contribution in [1.29, 1.82) is 0 Å². The second kappa shape index (κ2) is 6.09. The molecule has 0 saturated heterocycles. The molecule has 0 unspecified atom stereocenters. The lowest BCUT2D eigenvalue weighted by molar-refractivity contribution is 0.0852. The molecule has 20 heavy (non-hydrogen) atoms. The molecule has 0 spiro atoms. The number of aliphatic hydroxyl groups excluding tert-OH is 1. The van der Waals surface area contributed by atoms with Gasteiger partial charge in [-0.25, -0.2) is 0 Å². The van der Waals surface area contributed by atoms with Crippen LogP contribution >= 0.6 is 0 Å². The number of fused-ring (bicyclic) bond motifs is 1. The first-order chi connectivity index (χ1) is 9.65. The van der Waals surface area contributed by atoms with Crippen molar-refractivity contribution in [3.05, 3.63) is 36.1 Å². The van der Waals surface area contributed by atoms with Crippen molar-refractivity contribution in [3.63, 3.8) is 0 Å². The molecule has 2 rings (SSSR count). The van der Waals surface area contributed by atoms with Crippen LogP contribution in [0.25, 0.3) is 11.0 Å². The Balaban J connectivity index is 2.13. The highest BCUT2D eigenvalue weighted by Crippen LogP contribution is 2.25. The molecule has 1 amide bonds. The summed E-state index contributed by atoms with van der Waals surface area (Å²) >= 11 is 0. The largest absolute Gasteiger partial charge is 0.463 e. The molecule has 1 aromatic carbocycles. The summed E-state index contributed by atoms with van der Waals surface area (Å²) < 4.78 is 5.37. The second-order valence-electron chi connectivity index (χ2n) is 5.19. The van der Waals surface area contributed by atoms with E-state index in [0.717, 1.165) is 18.2 Å². The lowest BCUT2D eigenvalue weighted by Gasteiger charge is -2.29. The van der Waals surface area contributed by atoms with Gasteiger partial charge >= 0.3 is 0 Å². The monoisotopic (exact) mass is 275 g/mol. The summed E-state index contributed by atoms with van der Waals surface area (Å²) in [5, 5.41) is 13.2. The van der Waals surface area contributed by atoms with Crippen molar-refractivity contribution >= 4 is 16.9 Å². The summed E-state index contributed by atoms with van der Waals surface area (Å²) in [7, 11) is 0. The van der Waals surface area contributed by atoms with Crippen LogP contribution in [-0.2, 0) is 0 Å². The van der Waals surface area contributed by atoms with Crippen molar-refractivity contribution in [2.45, 2.75) is 26.7 Å². The number of aliphatic hydroxyl groups is 1. The summed E-state index contributed by atoms with van der Waals surface area (Å²) in [4.78, 5) is 12.3. The minimum Gasteiger partial charge on any atom is -0.463 e. The van der Waals surface area contributed by atoms with Crippen LogP contribution in [0, 0.1) is 5.41 Å². The van der Waals surface area contributed by atoms with Crippen molar-refractivity contribution in [3.8, 4) is 0 Å². The van der Waals surface area contributed by atoms with Crippen LogP contribution < -0.4 is 5.32 Å². The number of hydrogen-bond acceptors (Lipinski definition) is 3. The Kier molecular flexibility index (Phi) is 4.45. The molecule has 108 valence electrons. The van der Waals surface area contributed by atoms with Gasteiger partial charge in [-0.15, -0.1) is 0 Å². The van der Waals surface area contributed by atoms with E-state index in [4.69, 9.17) is 4.42 Å². The molecule has 0 saturated carbocycles. The molecule has 0 aliphatic carbocycles. The van der Waals surface area contributed by atoms with Crippen molar-refractivity contribution in [2.75, 3.05) is 13.2 Å². The van der Waals surface area contributed by atoms with E-state index in [1.165, 1.54) is 6.26 Å². The predicted octanol–water partition coefficient (Wildman–Crippen LogP) is 2.96. The van der Waals surface area contributed by atoms with E-state index in [1.54, 1.807) is 0 Å². The van der Waals surface area contributed by atoms with Gasteiger partial charge in [-0.05, 0) is 18.9 Å². The molecule has 0 radical (unpaired) electrons. The number of carbonyl (C=O) groups is 1. The fraction of sp³-hybridized carbons (Fsp3) is 0.438. The highest BCUT2D eigenvalue weighted by atomic mass is 16.3. The molecular formula is C16H21NO3. The van der Waals surface area contributed by atoms with Gasteiger partial charge in [0.15, 0.2) is 0 Å². The third kappa shape index (κ3) is 2.70. The zero-order chi connectivity index (χ0) is 14.6. The molecule has 1 heterocycles. The van der Waals surface area contributed by atoms with E-state index in [2.05, 4.69) is 5.32 Å². The van der Waals surface area contributed by atoms with Crippen LogP contribution in [0.3, 0.4) is 0 Å². The molecule has 0 aliphatic rings. The minimum absolute atomic E-state index is 0.0758. The Hall–Kier alpha value is -1.81. The smallest absolute Gasteiger partial charge is 0.255 e. The fourth-order valence-electron chi connectivity index (χ4n) is 2.30. The topological polar surface area (TPSA) is 62.5 Å². The van der Waals surface area contributed by atoms with Crippen LogP contribution in [0.2, 0.25) is 0 Å². The van der Waals surface area contributed by atoms with Crippen LogP contribution in [0.5, 0.6) is 0 Å². The van der Waals surface area contributed by atoms with Crippen LogP contribution in [0.4, 0.5) is 0 Å². The maximum absolute atomic E-state index is 12.3. The number of carbonyl (C=O) groups excluding carboxylic acids is 1. The Morgan fingerprint density at radius 3 is 2.65 bits per heavy atom. The summed E-state index contributed by atoms with van der Waals surface area (Å²) in [5.74, 6) is -0.158.